The van der Waals surface area contributed by atoms with Gasteiger partial charge in [-0.05, 0) is 49.4 Å². The summed E-state index contributed by atoms with van der Waals surface area (Å²) in [6, 6.07) is 21.0. The lowest BCUT2D eigenvalue weighted by atomic mass is 9.56. The Hall–Kier alpha value is -4.19. The molecule has 6 heteroatoms. The van der Waals surface area contributed by atoms with Gasteiger partial charge in [0, 0.05) is 45.3 Å². The van der Waals surface area contributed by atoms with Gasteiger partial charge < -0.3 is 4.52 Å². The standard InChI is InChI=1S/C32H27FN4O/c1-19-25-14-13-24-28(23-10-6-7-11-26(23)33)36-31(21-12-15-27(34-17-21)20-8-4-3-5-9-20)37-30(24)32(25,2)16-22-18-35-38-29(19)22/h3-12,15,17-19,25H,13-14,16H2,1-2H3/t19-,25-,32-/m1/s1. The summed E-state index contributed by atoms with van der Waals surface area (Å²) in [7, 11) is 0. The van der Waals surface area contributed by atoms with Gasteiger partial charge in [-0.15, -0.1) is 0 Å². The van der Waals surface area contributed by atoms with Gasteiger partial charge in [0.1, 0.15) is 11.6 Å². The Bertz CT molecular complexity index is 1650. The van der Waals surface area contributed by atoms with Crippen LogP contribution in [0.3, 0.4) is 0 Å². The molecule has 0 aliphatic heterocycles. The van der Waals surface area contributed by atoms with Crippen molar-refractivity contribution in [3.8, 4) is 33.9 Å². The fourth-order valence-corrected chi connectivity index (χ4v) is 6.67. The first-order valence-corrected chi connectivity index (χ1v) is 13.1. The van der Waals surface area contributed by atoms with Crippen molar-refractivity contribution in [2.24, 2.45) is 5.92 Å². The highest BCUT2D eigenvalue weighted by atomic mass is 19.1. The quantitative estimate of drug-likeness (QED) is 0.261. The van der Waals surface area contributed by atoms with Gasteiger partial charge in [-0.2, -0.15) is 0 Å². The third-order valence-electron chi connectivity index (χ3n) is 8.54. The maximum absolute atomic E-state index is 15.2. The summed E-state index contributed by atoms with van der Waals surface area (Å²) in [6.07, 6.45) is 6.19. The van der Waals surface area contributed by atoms with Crippen molar-refractivity contribution in [2.75, 3.05) is 0 Å². The van der Waals surface area contributed by atoms with E-state index in [0.29, 0.717) is 23.0 Å². The SMILES string of the molecule is C[C@H]1c2oncc2C[C@@]2(C)c3nc(-c4ccc(-c5ccccc5)nc4)nc(-c4ccccc4F)c3CC[C@H]12. The van der Waals surface area contributed by atoms with Crippen LogP contribution >= 0.6 is 0 Å². The predicted octanol–water partition coefficient (Wildman–Crippen LogP) is 7.18. The zero-order valence-corrected chi connectivity index (χ0v) is 21.4. The molecule has 0 amide bonds. The first kappa shape index (κ1) is 23.0. The maximum atomic E-state index is 15.2. The van der Waals surface area contributed by atoms with E-state index >= 15 is 4.39 Å². The second kappa shape index (κ2) is 8.69. The van der Waals surface area contributed by atoms with Gasteiger partial charge in [0.25, 0.3) is 0 Å². The first-order valence-electron chi connectivity index (χ1n) is 13.1. The van der Waals surface area contributed by atoms with Crippen LogP contribution in [0, 0.1) is 11.7 Å². The number of hydrogen-bond donors (Lipinski definition) is 0. The van der Waals surface area contributed by atoms with Crippen molar-refractivity contribution in [3.63, 3.8) is 0 Å². The zero-order valence-electron chi connectivity index (χ0n) is 21.4. The van der Waals surface area contributed by atoms with Gasteiger partial charge >= 0.3 is 0 Å². The van der Waals surface area contributed by atoms with Crippen LogP contribution in [-0.4, -0.2) is 20.1 Å². The van der Waals surface area contributed by atoms with Crippen LogP contribution in [0.5, 0.6) is 0 Å². The molecule has 2 aliphatic carbocycles. The molecule has 5 aromatic rings. The van der Waals surface area contributed by atoms with Gasteiger partial charge in [-0.3, -0.25) is 4.98 Å². The minimum Gasteiger partial charge on any atom is -0.361 e. The Balaban J connectivity index is 1.42. The summed E-state index contributed by atoms with van der Waals surface area (Å²) in [4.78, 5) is 14.9. The van der Waals surface area contributed by atoms with Crippen LogP contribution in [0.4, 0.5) is 4.39 Å². The summed E-state index contributed by atoms with van der Waals surface area (Å²) in [5.74, 6) is 1.84. The predicted molar refractivity (Wildman–Crippen MR) is 144 cm³/mol. The van der Waals surface area contributed by atoms with Gasteiger partial charge in [0.15, 0.2) is 5.82 Å². The number of nitrogens with zero attached hydrogens (tertiary/aromatic N) is 4. The van der Waals surface area contributed by atoms with E-state index in [1.165, 1.54) is 6.07 Å². The highest BCUT2D eigenvalue weighted by Gasteiger charge is 2.50. The lowest BCUT2D eigenvalue weighted by molar-refractivity contribution is 0.172. The minimum absolute atomic E-state index is 0.224. The molecule has 2 aliphatic rings. The number of hydrogen-bond acceptors (Lipinski definition) is 5. The molecule has 0 fully saturated rings. The third kappa shape index (κ3) is 3.51. The summed E-state index contributed by atoms with van der Waals surface area (Å²) in [6.45, 7) is 4.52. The Kier molecular flexibility index (Phi) is 5.25. The van der Waals surface area contributed by atoms with Gasteiger partial charge in [0.05, 0.1) is 23.3 Å². The Morgan fingerprint density at radius 3 is 2.53 bits per heavy atom. The molecule has 38 heavy (non-hydrogen) atoms. The van der Waals surface area contributed by atoms with Crippen LogP contribution < -0.4 is 0 Å². The molecule has 188 valence electrons. The van der Waals surface area contributed by atoms with Crippen LogP contribution in [0.2, 0.25) is 0 Å². The summed E-state index contributed by atoms with van der Waals surface area (Å²) in [5.41, 5.74) is 6.86. The molecular formula is C32H27FN4O. The van der Waals surface area contributed by atoms with Gasteiger partial charge in [-0.25, -0.2) is 14.4 Å². The Morgan fingerprint density at radius 1 is 0.921 bits per heavy atom. The third-order valence-corrected chi connectivity index (χ3v) is 8.54. The molecule has 3 aromatic heterocycles. The van der Waals surface area contributed by atoms with Gasteiger partial charge in [-0.1, -0.05) is 61.5 Å². The van der Waals surface area contributed by atoms with Crippen molar-refractivity contribution in [3.05, 3.63) is 108 Å². The number of aromatic nitrogens is 4. The van der Waals surface area contributed by atoms with E-state index in [9.17, 15) is 0 Å². The topological polar surface area (TPSA) is 64.7 Å². The largest absolute Gasteiger partial charge is 0.361 e. The molecule has 0 spiro atoms. The highest BCUT2D eigenvalue weighted by molar-refractivity contribution is 5.70. The Morgan fingerprint density at radius 2 is 1.74 bits per heavy atom. The lowest BCUT2D eigenvalue weighted by Gasteiger charge is -2.47. The summed E-state index contributed by atoms with van der Waals surface area (Å²) in [5, 5.41) is 4.11. The van der Waals surface area contributed by atoms with Crippen LogP contribution in [-0.2, 0) is 18.3 Å². The number of pyridine rings is 1. The van der Waals surface area contributed by atoms with Gasteiger partial charge in [0.2, 0.25) is 0 Å². The Labute approximate surface area is 220 Å². The fraction of sp³-hybridized carbons (Fsp3) is 0.250. The molecule has 0 N–H and O–H groups in total. The number of rotatable bonds is 3. The molecule has 0 saturated heterocycles. The molecule has 0 unspecified atom stereocenters. The monoisotopic (exact) mass is 502 g/mol. The fourth-order valence-electron chi connectivity index (χ4n) is 6.67. The summed E-state index contributed by atoms with van der Waals surface area (Å²) < 4.78 is 20.8. The minimum atomic E-state index is -0.275. The van der Waals surface area contributed by atoms with E-state index in [2.05, 4.69) is 19.0 Å². The molecule has 0 bridgehead atoms. The van der Waals surface area contributed by atoms with Crippen molar-refractivity contribution < 1.29 is 8.91 Å². The van der Waals surface area contributed by atoms with Crippen LogP contribution in [0.25, 0.3) is 33.9 Å². The molecule has 2 aromatic carbocycles. The van der Waals surface area contributed by atoms with Crippen molar-refractivity contribution in [2.45, 2.75) is 44.4 Å². The maximum Gasteiger partial charge on any atom is 0.161 e. The second-order valence-electron chi connectivity index (χ2n) is 10.7. The molecule has 0 saturated carbocycles. The molecule has 0 radical (unpaired) electrons. The average Bonchev–Trinajstić information content (AvgIpc) is 3.42. The van der Waals surface area contributed by atoms with Crippen molar-refractivity contribution >= 4 is 0 Å². The van der Waals surface area contributed by atoms with E-state index in [4.69, 9.17) is 19.5 Å². The zero-order chi connectivity index (χ0) is 25.9. The van der Waals surface area contributed by atoms with Crippen molar-refractivity contribution in [1.82, 2.24) is 20.1 Å². The first-order chi connectivity index (χ1) is 18.5. The van der Waals surface area contributed by atoms with E-state index in [1.807, 2.05) is 67.0 Å². The summed E-state index contributed by atoms with van der Waals surface area (Å²) >= 11 is 0. The van der Waals surface area contributed by atoms with Crippen LogP contribution in [0.1, 0.15) is 48.8 Å². The van der Waals surface area contributed by atoms with E-state index in [-0.39, 0.29) is 17.2 Å². The van der Waals surface area contributed by atoms with Crippen molar-refractivity contribution in [1.29, 1.82) is 0 Å². The molecule has 3 heterocycles. The number of benzene rings is 2. The smallest absolute Gasteiger partial charge is 0.161 e. The molecular weight excluding hydrogens is 475 g/mol. The second-order valence-corrected chi connectivity index (χ2v) is 10.7. The molecule has 5 nitrogen and oxygen atoms in total. The molecule has 3 atom stereocenters. The number of fused-ring (bicyclic) bond motifs is 4. The molecule has 7 rings (SSSR count). The van der Waals surface area contributed by atoms with E-state index in [0.717, 1.165) is 58.7 Å². The lowest BCUT2D eigenvalue weighted by Crippen LogP contribution is -2.45. The average molecular weight is 503 g/mol. The number of halogens is 1. The normalized spacial score (nSPS) is 21.9. The van der Waals surface area contributed by atoms with E-state index < -0.39 is 0 Å². The highest BCUT2D eigenvalue weighted by Crippen LogP contribution is 2.54. The van der Waals surface area contributed by atoms with Crippen LogP contribution in [0.15, 0.2) is 83.6 Å². The van der Waals surface area contributed by atoms with E-state index in [1.54, 1.807) is 6.07 Å².